The first-order valence-electron chi connectivity index (χ1n) is 8.15. The number of nitro benzene ring substituents is 1. The lowest BCUT2D eigenvalue weighted by molar-refractivity contribution is -0.384. The zero-order chi connectivity index (χ0) is 19.8. The van der Waals surface area contributed by atoms with Crippen molar-refractivity contribution in [1.29, 1.82) is 0 Å². The number of hydrogen-bond acceptors (Lipinski definition) is 5. The lowest BCUT2D eigenvalue weighted by atomic mass is 10.1. The summed E-state index contributed by atoms with van der Waals surface area (Å²) in [6.45, 7) is 2.11. The molecule has 27 heavy (non-hydrogen) atoms. The highest BCUT2D eigenvalue weighted by Gasteiger charge is 2.14. The zero-order valence-corrected chi connectivity index (χ0v) is 15.3. The van der Waals surface area contributed by atoms with Gasteiger partial charge in [0.2, 0.25) is 0 Å². The zero-order valence-electron chi connectivity index (χ0n) is 14.5. The van der Waals surface area contributed by atoms with Gasteiger partial charge >= 0.3 is 0 Å². The van der Waals surface area contributed by atoms with Crippen molar-refractivity contribution in [3.8, 4) is 5.75 Å². The quantitative estimate of drug-likeness (QED) is 0.529. The summed E-state index contributed by atoms with van der Waals surface area (Å²) in [5.41, 5.74) is 0.485. The average Bonchev–Trinajstić information content (AvgIpc) is 2.65. The summed E-state index contributed by atoms with van der Waals surface area (Å²) in [6, 6.07) is 9.92. The van der Waals surface area contributed by atoms with Crippen molar-refractivity contribution in [3.05, 3.63) is 63.2 Å². The maximum atomic E-state index is 12.2. The molecular weight excluding hydrogens is 374 g/mol. The highest BCUT2D eigenvalue weighted by molar-refractivity contribution is 6.31. The van der Waals surface area contributed by atoms with E-state index in [4.69, 9.17) is 16.3 Å². The number of carbonyl (C=O) groups is 2. The lowest BCUT2D eigenvalue weighted by Crippen LogP contribution is -2.27. The second-order valence-corrected chi connectivity index (χ2v) is 5.97. The Kier molecular flexibility index (Phi) is 7.13. The SMILES string of the molecule is CCCNC(=O)c1ccc(Cl)cc1NC(=O)COc1ccc([N+](=O)[O-])cc1. The molecule has 142 valence electrons. The van der Waals surface area contributed by atoms with Gasteiger partial charge in [0, 0.05) is 23.7 Å². The van der Waals surface area contributed by atoms with Crippen molar-refractivity contribution in [1.82, 2.24) is 5.32 Å². The Morgan fingerprint density at radius 1 is 1.19 bits per heavy atom. The van der Waals surface area contributed by atoms with E-state index in [2.05, 4.69) is 10.6 Å². The topological polar surface area (TPSA) is 111 Å². The molecule has 8 nitrogen and oxygen atoms in total. The molecular formula is C18H18ClN3O5. The van der Waals surface area contributed by atoms with Crippen LogP contribution in [0.1, 0.15) is 23.7 Å². The first kappa shape index (κ1) is 20.2. The Hall–Kier alpha value is -3.13. The first-order chi connectivity index (χ1) is 12.9. The van der Waals surface area contributed by atoms with Gasteiger partial charge in [-0.25, -0.2) is 0 Å². The van der Waals surface area contributed by atoms with Crippen LogP contribution in [0.5, 0.6) is 5.75 Å². The van der Waals surface area contributed by atoms with E-state index in [1.54, 1.807) is 6.07 Å². The fourth-order valence-corrected chi connectivity index (χ4v) is 2.32. The number of anilines is 1. The normalized spacial score (nSPS) is 10.1. The van der Waals surface area contributed by atoms with Gasteiger partial charge in [-0.1, -0.05) is 18.5 Å². The predicted octanol–water partition coefficient (Wildman–Crippen LogP) is 3.41. The molecule has 0 spiro atoms. The second-order valence-electron chi connectivity index (χ2n) is 5.53. The molecule has 0 saturated carbocycles. The van der Waals surface area contributed by atoms with Crippen molar-refractivity contribution in [3.63, 3.8) is 0 Å². The van der Waals surface area contributed by atoms with Crippen LogP contribution in [-0.2, 0) is 4.79 Å². The van der Waals surface area contributed by atoms with E-state index in [-0.39, 0.29) is 29.5 Å². The average molecular weight is 392 g/mol. The third-order valence-corrected chi connectivity index (χ3v) is 3.69. The molecule has 0 aromatic heterocycles. The van der Waals surface area contributed by atoms with Crippen LogP contribution in [0.25, 0.3) is 0 Å². The number of ether oxygens (including phenoxy) is 1. The summed E-state index contributed by atoms with van der Waals surface area (Å²) in [7, 11) is 0. The summed E-state index contributed by atoms with van der Waals surface area (Å²) in [4.78, 5) is 34.4. The molecule has 0 fully saturated rings. The van der Waals surface area contributed by atoms with E-state index in [0.717, 1.165) is 6.42 Å². The largest absolute Gasteiger partial charge is 0.484 e. The fourth-order valence-electron chi connectivity index (χ4n) is 2.15. The van der Waals surface area contributed by atoms with Gasteiger partial charge in [-0.2, -0.15) is 0 Å². The van der Waals surface area contributed by atoms with Crippen LogP contribution in [0.15, 0.2) is 42.5 Å². The van der Waals surface area contributed by atoms with E-state index < -0.39 is 10.8 Å². The number of nitro groups is 1. The highest BCUT2D eigenvalue weighted by Crippen LogP contribution is 2.22. The second kappa shape index (κ2) is 9.54. The van der Waals surface area contributed by atoms with Crippen molar-refractivity contribution in [2.45, 2.75) is 13.3 Å². The highest BCUT2D eigenvalue weighted by atomic mass is 35.5. The molecule has 9 heteroatoms. The van der Waals surface area contributed by atoms with Gasteiger partial charge in [-0.05, 0) is 36.8 Å². The number of nitrogens with zero attached hydrogens (tertiary/aromatic N) is 1. The maximum absolute atomic E-state index is 12.2. The summed E-state index contributed by atoms with van der Waals surface area (Å²) in [5, 5.41) is 16.3. The molecule has 0 aliphatic carbocycles. The summed E-state index contributed by atoms with van der Waals surface area (Å²) >= 11 is 5.95. The standard InChI is InChI=1S/C18H18ClN3O5/c1-2-9-20-18(24)15-8-3-12(19)10-16(15)21-17(23)11-27-14-6-4-13(5-7-14)22(25)26/h3-8,10H,2,9,11H2,1H3,(H,20,24)(H,21,23). The number of nitrogens with one attached hydrogen (secondary N) is 2. The lowest BCUT2D eigenvalue weighted by Gasteiger charge is -2.12. The third kappa shape index (κ3) is 5.96. The number of non-ortho nitro benzene ring substituents is 1. The van der Waals surface area contributed by atoms with Gasteiger partial charge in [-0.15, -0.1) is 0 Å². The van der Waals surface area contributed by atoms with Gasteiger partial charge in [0.1, 0.15) is 5.75 Å². The minimum atomic E-state index is -0.527. The smallest absolute Gasteiger partial charge is 0.269 e. The predicted molar refractivity (Wildman–Crippen MR) is 101 cm³/mol. The van der Waals surface area contributed by atoms with Gasteiger partial charge in [-0.3, -0.25) is 19.7 Å². The van der Waals surface area contributed by atoms with E-state index in [0.29, 0.717) is 17.3 Å². The van der Waals surface area contributed by atoms with Crippen molar-refractivity contribution >= 4 is 34.8 Å². The van der Waals surface area contributed by atoms with E-state index in [1.165, 1.54) is 36.4 Å². The van der Waals surface area contributed by atoms with Gasteiger partial charge < -0.3 is 15.4 Å². The maximum Gasteiger partial charge on any atom is 0.269 e. The van der Waals surface area contributed by atoms with Crippen LogP contribution < -0.4 is 15.4 Å². The van der Waals surface area contributed by atoms with E-state index in [1.807, 2.05) is 6.92 Å². The molecule has 0 aliphatic heterocycles. The molecule has 2 rings (SSSR count). The fraction of sp³-hybridized carbons (Fsp3) is 0.222. The molecule has 2 aromatic carbocycles. The molecule has 0 radical (unpaired) electrons. The molecule has 0 bridgehead atoms. The molecule has 0 saturated heterocycles. The molecule has 0 heterocycles. The number of hydrogen-bond donors (Lipinski definition) is 2. The molecule has 0 atom stereocenters. The molecule has 0 unspecified atom stereocenters. The summed E-state index contributed by atoms with van der Waals surface area (Å²) in [6.07, 6.45) is 0.782. The van der Waals surface area contributed by atoms with Gasteiger partial charge in [0.15, 0.2) is 6.61 Å². The monoisotopic (exact) mass is 391 g/mol. The van der Waals surface area contributed by atoms with Crippen molar-refractivity contribution in [2.75, 3.05) is 18.5 Å². The Labute approximate surface area is 160 Å². The number of rotatable bonds is 8. The van der Waals surface area contributed by atoms with Crippen LogP contribution in [0.2, 0.25) is 5.02 Å². The minimum Gasteiger partial charge on any atom is -0.484 e. The number of halogens is 1. The Morgan fingerprint density at radius 2 is 1.89 bits per heavy atom. The molecule has 2 aromatic rings. The summed E-state index contributed by atoms with van der Waals surface area (Å²) in [5.74, 6) is -0.511. The molecule has 2 amide bonds. The van der Waals surface area contributed by atoms with Crippen molar-refractivity contribution in [2.24, 2.45) is 0 Å². The van der Waals surface area contributed by atoms with Crippen LogP contribution >= 0.6 is 11.6 Å². The number of benzene rings is 2. The Balaban J connectivity index is 2.01. The van der Waals surface area contributed by atoms with Gasteiger partial charge in [0.05, 0.1) is 16.2 Å². The van der Waals surface area contributed by atoms with E-state index >= 15 is 0 Å². The van der Waals surface area contributed by atoms with Crippen LogP contribution in [0, 0.1) is 10.1 Å². The van der Waals surface area contributed by atoms with Crippen molar-refractivity contribution < 1.29 is 19.2 Å². The Morgan fingerprint density at radius 3 is 2.52 bits per heavy atom. The number of carbonyl (C=O) groups excluding carboxylic acids is 2. The van der Waals surface area contributed by atoms with Crippen LogP contribution in [0.3, 0.4) is 0 Å². The molecule has 0 aliphatic rings. The van der Waals surface area contributed by atoms with E-state index in [9.17, 15) is 19.7 Å². The minimum absolute atomic E-state index is 0.0755. The molecule has 2 N–H and O–H groups in total. The third-order valence-electron chi connectivity index (χ3n) is 3.45. The summed E-state index contributed by atoms with van der Waals surface area (Å²) < 4.78 is 5.30. The van der Waals surface area contributed by atoms with Crippen LogP contribution in [0.4, 0.5) is 11.4 Å². The Bertz CT molecular complexity index is 839. The van der Waals surface area contributed by atoms with Crippen LogP contribution in [-0.4, -0.2) is 29.9 Å². The number of amides is 2. The first-order valence-corrected chi connectivity index (χ1v) is 8.53. The van der Waals surface area contributed by atoms with Gasteiger partial charge in [0.25, 0.3) is 17.5 Å².